The predicted molar refractivity (Wildman–Crippen MR) is 74.0 cm³/mol. The lowest BCUT2D eigenvalue weighted by molar-refractivity contribution is -0.385. The van der Waals surface area contributed by atoms with Gasteiger partial charge in [-0.1, -0.05) is 26.8 Å². The van der Waals surface area contributed by atoms with Crippen LogP contribution in [0.25, 0.3) is 0 Å². The predicted octanol–water partition coefficient (Wildman–Crippen LogP) is 3.36. The van der Waals surface area contributed by atoms with E-state index in [0.717, 1.165) is 3.57 Å². The number of hydrogen-bond acceptors (Lipinski definition) is 3. The molecule has 0 N–H and O–H groups in total. The van der Waals surface area contributed by atoms with Gasteiger partial charge < -0.3 is 0 Å². The number of ketones is 1. The summed E-state index contributed by atoms with van der Waals surface area (Å²) in [6.07, 6.45) is 0.108. The van der Waals surface area contributed by atoms with Crippen LogP contribution in [0.5, 0.6) is 0 Å². The lowest BCUT2D eigenvalue weighted by Crippen LogP contribution is -2.22. The molecule has 0 aliphatic rings. The molecule has 4 nitrogen and oxygen atoms in total. The lowest BCUT2D eigenvalue weighted by atomic mass is 9.87. The van der Waals surface area contributed by atoms with Crippen molar-refractivity contribution in [3.8, 4) is 0 Å². The van der Waals surface area contributed by atoms with Crippen molar-refractivity contribution in [2.75, 3.05) is 0 Å². The number of nitro groups is 1. The molecule has 0 saturated carbocycles. The number of nitro benzene ring substituents is 1. The number of rotatable bonds is 3. The van der Waals surface area contributed by atoms with E-state index in [1.54, 1.807) is 12.1 Å². The summed E-state index contributed by atoms with van der Waals surface area (Å²) in [4.78, 5) is 22.3. The van der Waals surface area contributed by atoms with Gasteiger partial charge in [-0.15, -0.1) is 0 Å². The van der Waals surface area contributed by atoms with Gasteiger partial charge in [-0.25, -0.2) is 0 Å². The molecule has 0 bridgehead atoms. The zero-order chi connectivity index (χ0) is 13.2. The van der Waals surface area contributed by atoms with Crippen molar-refractivity contribution in [2.24, 2.45) is 5.41 Å². The van der Waals surface area contributed by atoms with Crippen LogP contribution in [0.15, 0.2) is 18.2 Å². The second-order valence-electron chi connectivity index (χ2n) is 4.88. The molecule has 0 atom stereocenters. The van der Waals surface area contributed by atoms with E-state index in [-0.39, 0.29) is 17.9 Å². The molecule has 0 saturated heterocycles. The highest BCUT2D eigenvalue weighted by Crippen LogP contribution is 2.25. The van der Waals surface area contributed by atoms with Crippen LogP contribution in [0.2, 0.25) is 0 Å². The highest BCUT2D eigenvalue weighted by atomic mass is 127. The third kappa shape index (κ3) is 3.76. The smallest absolute Gasteiger partial charge is 0.274 e. The molecule has 5 heteroatoms. The topological polar surface area (TPSA) is 60.2 Å². The minimum atomic E-state index is -0.475. The Bertz CT molecular complexity index is 463. The van der Waals surface area contributed by atoms with E-state index in [1.165, 1.54) is 6.07 Å². The van der Waals surface area contributed by atoms with Gasteiger partial charge in [0.1, 0.15) is 5.78 Å². The van der Waals surface area contributed by atoms with Gasteiger partial charge in [0.2, 0.25) is 0 Å². The molecule has 0 aromatic heterocycles. The minimum absolute atomic E-state index is 0.00167. The first-order valence-corrected chi connectivity index (χ1v) is 6.26. The zero-order valence-electron chi connectivity index (χ0n) is 9.99. The van der Waals surface area contributed by atoms with Crippen molar-refractivity contribution in [2.45, 2.75) is 27.2 Å². The summed E-state index contributed by atoms with van der Waals surface area (Å²) < 4.78 is 0.793. The largest absolute Gasteiger partial charge is 0.299 e. The molecule has 0 heterocycles. The Morgan fingerprint density at radius 3 is 2.47 bits per heavy atom. The van der Waals surface area contributed by atoms with E-state index >= 15 is 0 Å². The summed E-state index contributed by atoms with van der Waals surface area (Å²) in [5.74, 6) is 0.00167. The second kappa shape index (κ2) is 5.12. The maximum absolute atomic E-state index is 11.9. The van der Waals surface area contributed by atoms with Crippen LogP contribution in [-0.4, -0.2) is 10.7 Å². The molecule has 0 radical (unpaired) electrons. The number of Topliss-reactive ketones (excluding diaryl/α,β-unsaturated/α-hetero) is 1. The summed E-state index contributed by atoms with van der Waals surface area (Å²) in [5.41, 5.74) is 0.0291. The molecule has 0 aliphatic carbocycles. The summed E-state index contributed by atoms with van der Waals surface area (Å²) in [5, 5.41) is 10.9. The molecule has 0 fully saturated rings. The fourth-order valence-electron chi connectivity index (χ4n) is 1.29. The third-order valence-electron chi connectivity index (χ3n) is 2.43. The van der Waals surface area contributed by atoms with Gasteiger partial charge in [0.25, 0.3) is 5.69 Å². The fraction of sp³-hybridized carbons (Fsp3) is 0.417. The maximum Gasteiger partial charge on any atom is 0.274 e. The molecular weight excluding hydrogens is 333 g/mol. The second-order valence-corrected chi connectivity index (χ2v) is 6.13. The molecule has 92 valence electrons. The quantitative estimate of drug-likeness (QED) is 0.479. The Balaban J connectivity index is 3.07. The van der Waals surface area contributed by atoms with Crippen molar-refractivity contribution in [1.82, 2.24) is 0 Å². The number of benzene rings is 1. The zero-order valence-corrected chi connectivity index (χ0v) is 12.1. The Kier molecular flexibility index (Phi) is 4.24. The Labute approximate surface area is 114 Å². The Morgan fingerprint density at radius 2 is 2.00 bits per heavy atom. The first kappa shape index (κ1) is 14.1. The van der Waals surface area contributed by atoms with E-state index < -0.39 is 10.3 Å². The molecular formula is C12H14INO3. The summed E-state index contributed by atoms with van der Waals surface area (Å²) in [6.45, 7) is 5.44. The first-order chi connectivity index (χ1) is 7.71. The van der Waals surface area contributed by atoms with Crippen LogP contribution in [-0.2, 0) is 11.2 Å². The van der Waals surface area contributed by atoms with Crippen molar-refractivity contribution in [3.63, 3.8) is 0 Å². The van der Waals surface area contributed by atoms with Crippen LogP contribution in [0, 0.1) is 19.1 Å². The average molecular weight is 347 g/mol. The molecule has 0 amide bonds. The number of carbonyl (C=O) groups excluding carboxylic acids is 1. The minimum Gasteiger partial charge on any atom is -0.299 e. The van der Waals surface area contributed by atoms with Crippen LogP contribution >= 0.6 is 22.6 Å². The van der Waals surface area contributed by atoms with Crippen LogP contribution in [0.1, 0.15) is 26.3 Å². The van der Waals surface area contributed by atoms with Gasteiger partial charge in [0, 0.05) is 27.0 Å². The molecule has 1 aromatic rings. The van der Waals surface area contributed by atoms with Crippen LogP contribution in [0.3, 0.4) is 0 Å². The van der Waals surface area contributed by atoms with Gasteiger partial charge in [-0.05, 0) is 28.7 Å². The fourth-order valence-corrected chi connectivity index (χ4v) is 1.77. The van der Waals surface area contributed by atoms with Crippen molar-refractivity contribution in [3.05, 3.63) is 37.4 Å². The highest BCUT2D eigenvalue weighted by Gasteiger charge is 2.24. The molecule has 1 aromatic carbocycles. The van der Waals surface area contributed by atoms with Crippen molar-refractivity contribution < 1.29 is 9.72 Å². The summed E-state index contributed by atoms with van der Waals surface area (Å²) in [7, 11) is 0. The summed E-state index contributed by atoms with van der Waals surface area (Å²) >= 11 is 2.02. The summed E-state index contributed by atoms with van der Waals surface area (Å²) in [6, 6.07) is 4.92. The SMILES string of the molecule is CC(C)(C)C(=O)Cc1ccc(I)cc1[N+](=O)[O-]. The average Bonchev–Trinajstić information content (AvgIpc) is 2.18. The maximum atomic E-state index is 11.9. The van der Waals surface area contributed by atoms with E-state index in [0.29, 0.717) is 5.56 Å². The monoisotopic (exact) mass is 347 g/mol. The van der Waals surface area contributed by atoms with Crippen LogP contribution in [0.4, 0.5) is 5.69 Å². The lowest BCUT2D eigenvalue weighted by Gasteiger charge is -2.16. The van der Waals surface area contributed by atoms with E-state index in [4.69, 9.17) is 0 Å². The van der Waals surface area contributed by atoms with Gasteiger partial charge in [-0.2, -0.15) is 0 Å². The van der Waals surface area contributed by atoms with E-state index in [9.17, 15) is 14.9 Å². The van der Waals surface area contributed by atoms with Crippen molar-refractivity contribution >= 4 is 34.1 Å². The molecule has 17 heavy (non-hydrogen) atoms. The number of nitrogens with zero attached hydrogens (tertiary/aromatic N) is 1. The van der Waals surface area contributed by atoms with E-state index in [2.05, 4.69) is 0 Å². The highest BCUT2D eigenvalue weighted by molar-refractivity contribution is 14.1. The third-order valence-corrected chi connectivity index (χ3v) is 3.10. The van der Waals surface area contributed by atoms with Gasteiger partial charge >= 0.3 is 0 Å². The number of carbonyl (C=O) groups is 1. The first-order valence-electron chi connectivity index (χ1n) is 5.18. The van der Waals surface area contributed by atoms with Gasteiger partial charge in [-0.3, -0.25) is 14.9 Å². The molecule has 0 aliphatic heterocycles. The van der Waals surface area contributed by atoms with Crippen molar-refractivity contribution in [1.29, 1.82) is 0 Å². The molecule has 1 rings (SSSR count). The molecule has 0 unspecified atom stereocenters. The number of halogens is 1. The molecule has 0 spiro atoms. The van der Waals surface area contributed by atoms with Gasteiger partial charge in [0.15, 0.2) is 0 Å². The normalized spacial score (nSPS) is 11.3. The standard InChI is InChI=1S/C12H14INO3/c1-12(2,3)11(15)6-8-4-5-9(13)7-10(8)14(16)17/h4-5,7H,6H2,1-3H3. The Morgan fingerprint density at radius 1 is 1.41 bits per heavy atom. The van der Waals surface area contributed by atoms with Gasteiger partial charge in [0.05, 0.1) is 4.92 Å². The Hall–Kier alpha value is -0.980. The van der Waals surface area contributed by atoms with E-state index in [1.807, 2.05) is 43.4 Å². The van der Waals surface area contributed by atoms with Crippen LogP contribution < -0.4 is 0 Å². The number of hydrogen-bond donors (Lipinski definition) is 0.